The van der Waals surface area contributed by atoms with Crippen LogP contribution in [0.3, 0.4) is 0 Å². The van der Waals surface area contributed by atoms with Gasteiger partial charge in [0.2, 0.25) is 5.91 Å². The van der Waals surface area contributed by atoms with Crippen LogP contribution in [0.15, 0.2) is 54.6 Å². The van der Waals surface area contributed by atoms with Gasteiger partial charge in [0, 0.05) is 23.8 Å². The van der Waals surface area contributed by atoms with Gasteiger partial charge in [-0.1, -0.05) is 36.4 Å². The van der Waals surface area contributed by atoms with Crippen molar-refractivity contribution in [2.75, 3.05) is 11.9 Å². The van der Waals surface area contributed by atoms with Crippen molar-refractivity contribution in [3.05, 3.63) is 65.7 Å². The van der Waals surface area contributed by atoms with Crippen molar-refractivity contribution in [3.63, 3.8) is 0 Å². The third kappa shape index (κ3) is 5.85. The molecular formula is C19H23N3O2. The van der Waals surface area contributed by atoms with Gasteiger partial charge in [-0.3, -0.25) is 9.59 Å². The average molecular weight is 325 g/mol. The van der Waals surface area contributed by atoms with E-state index in [1.807, 2.05) is 44.2 Å². The van der Waals surface area contributed by atoms with Crippen molar-refractivity contribution < 1.29 is 9.59 Å². The van der Waals surface area contributed by atoms with E-state index in [0.29, 0.717) is 17.8 Å². The summed E-state index contributed by atoms with van der Waals surface area (Å²) in [5, 5.41) is 8.72. The first kappa shape index (κ1) is 17.7. The molecule has 0 aliphatic heterocycles. The largest absolute Gasteiger partial charge is 0.350 e. The van der Waals surface area contributed by atoms with Crippen molar-refractivity contribution in [1.29, 1.82) is 0 Å². The zero-order chi connectivity index (χ0) is 17.4. The molecule has 0 aliphatic rings. The molecule has 0 aromatic heterocycles. The molecule has 0 radical (unpaired) electrons. The summed E-state index contributed by atoms with van der Waals surface area (Å²) in [7, 11) is 0. The predicted molar refractivity (Wildman–Crippen MR) is 95.8 cm³/mol. The topological polar surface area (TPSA) is 70.2 Å². The standard InChI is InChI=1S/C19H23N3O2/c1-14(2)21-19(24)16-9-6-10-17(11-16)22-18(23)13-20-12-15-7-4-3-5-8-15/h3-11,14,20H,12-13H2,1-2H3,(H,21,24)(H,22,23). The molecule has 24 heavy (non-hydrogen) atoms. The average Bonchev–Trinajstić information content (AvgIpc) is 2.55. The van der Waals surface area contributed by atoms with Crippen LogP contribution in [-0.2, 0) is 11.3 Å². The highest BCUT2D eigenvalue weighted by atomic mass is 16.2. The molecule has 5 nitrogen and oxygen atoms in total. The van der Waals surface area contributed by atoms with Crippen LogP contribution in [0.4, 0.5) is 5.69 Å². The Kier molecular flexibility index (Phi) is 6.51. The van der Waals surface area contributed by atoms with Crippen LogP contribution in [0.2, 0.25) is 0 Å². The maximum absolute atomic E-state index is 12.0. The Morgan fingerprint density at radius 2 is 1.75 bits per heavy atom. The zero-order valence-electron chi connectivity index (χ0n) is 14.0. The monoisotopic (exact) mass is 325 g/mol. The lowest BCUT2D eigenvalue weighted by atomic mass is 10.1. The van der Waals surface area contributed by atoms with Gasteiger partial charge < -0.3 is 16.0 Å². The summed E-state index contributed by atoms with van der Waals surface area (Å²) in [5.74, 6) is -0.296. The molecule has 2 aromatic carbocycles. The molecule has 0 aliphatic carbocycles. The molecule has 3 N–H and O–H groups in total. The quantitative estimate of drug-likeness (QED) is 0.733. The molecule has 0 saturated carbocycles. The molecule has 0 heterocycles. The Morgan fingerprint density at radius 1 is 1.00 bits per heavy atom. The van der Waals surface area contributed by atoms with Crippen LogP contribution in [0.1, 0.15) is 29.8 Å². The van der Waals surface area contributed by atoms with Crippen LogP contribution in [0, 0.1) is 0 Å². The fourth-order valence-electron chi connectivity index (χ4n) is 2.21. The van der Waals surface area contributed by atoms with Crippen LogP contribution in [-0.4, -0.2) is 24.4 Å². The van der Waals surface area contributed by atoms with Gasteiger partial charge in [0.25, 0.3) is 5.91 Å². The highest BCUT2D eigenvalue weighted by Crippen LogP contribution is 2.10. The minimum atomic E-state index is -0.150. The van der Waals surface area contributed by atoms with E-state index in [1.165, 1.54) is 0 Å². The smallest absolute Gasteiger partial charge is 0.251 e. The van der Waals surface area contributed by atoms with Crippen molar-refractivity contribution in [3.8, 4) is 0 Å². The number of carbonyl (C=O) groups is 2. The SMILES string of the molecule is CC(C)NC(=O)c1cccc(NC(=O)CNCc2ccccc2)c1. The number of hydrogen-bond donors (Lipinski definition) is 3. The van der Waals surface area contributed by atoms with Crippen molar-refractivity contribution in [2.45, 2.75) is 26.4 Å². The molecule has 2 rings (SSSR count). The van der Waals surface area contributed by atoms with Gasteiger partial charge in [0.1, 0.15) is 0 Å². The van der Waals surface area contributed by atoms with Crippen molar-refractivity contribution in [2.24, 2.45) is 0 Å². The molecule has 126 valence electrons. The molecule has 5 heteroatoms. The number of carbonyl (C=O) groups excluding carboxylic acids is 2. The van der Waals surface area contributed by atoms with Crippen LogP contribution in [0.25, 0.3) is 0 Å². The summed E-state index contributed by atoms with van der Waals surface area (Å²) in [6.45, 7) is 4.65. The second-order valence-corrected chi connectivity index (χ2v) is 5.85. The first-order valence-corrected chi connectivity index (χ1v) is 8.00. The summed E-state index contributed by atoms with van der Waals surface area (Å²) in [4.78, 5) is 24.0. The van der Waals surface area contributed by atoms with Gasteiger partial charge >= 0.3 is 0 Å². The fraction of sp³-hybridized carbons (Fsp3) is 0.263. The van der Waals surface area contributed by atoms with Crippen LogP contribution < -0.4 is 16.0 Å². The van der Waals surface area contributed by atoms with Gasteiger partial charge in [-0.25, -0.2) is 0 Å². The molecule has 0 bridgehead atoms. The summed E-state index contributed by atoms with van der Waals surface area (Å²) >= 11 is 0. The lowest BCUT2D eigenvalue weighted by Gasteiger charge is -2.10. The van der Waals surface area contributed by atoms with Gasteiger partial charge in [-0.15, -0.1) is 0 Å². The highest BCUT2D eigenvalue weighted by Gasteiger charge is 2.08. The maximum Gasteiger partial charge on any atom is 0.251 e. The van der Waals surface area contributed by atoms with E-state index < -0.39 is 0 Å². The van der Waals surface area contributed by atoms with Crippen molar-refractivity contribution in [1.82, 2.24) is 10.6 Å². The molecule has 2 amide bonds. The predicted octanol–water partition coefficient (Wildman–Crippen LogP) is 2.55. The number of nitrogens with one attached hydrogen (secondary N) is 3. The minimum absolute atomic E-state index is 0.0675. The van der Waals surface area contributed by atoms with Crippen LogP contribution >= 0.6 is 0 Å². The van der Waals surface area contributed by atoms with E-state index >= 15 is 0 Å². The number of benzene rings is 2. The van der Waals surface area contributed by atoms with Crippen LogP contribution in [0.5, 0.6) is 0 Å². The minimum Gasteiger partial charge on any atom is -0.350 e. The van der Waals surface area contributed by atoms with Crippen molar-refractivity contribution >= 4 is 17.5 Å². The molecule has 0 atom stereocenters. The van der Waals surface area contributed by atoms with E-state index in [2.05, 4.69) is 16.0 Å². The number of hydrogen-bond acceptors (Lipinski definition) is 3. The van der Waals surface area contributed by atoms with E-state index in [9.17, 15) is 9.59 Å². The number of rotatable bonds is 7. The van der Waals surface area contributed by atoms with E-state index in [1.54, 1.807) is 24.3 Å². The lowest BCUT2D eigenvalue weighted by molar-refractivity contribution is -0.115. The summed E-state index contributed by atoms with van der Waals surface area (Å²) in [5.41, 5.74) is 2.26. The molecule has 0 fully saturated rings. The second-order valence-electron chi connectivity index (χ2n) is 5.85. The van der Waals surface area contributed by atoms with Gasteiger partial charge in [0.05, 0.1) is 6.54 Å². The Bertz CT molecular complexity index is 684. The van der Waals surface area contributed by atoms with Gasteiger partial charge in [0.15, 0.2) is 0 Å². The second kappa shape index (κ2) is 8.84. The molecular weight excluding hydrogens is 302 g/mol. The fourth-order valence-corrected chi connectivity index (χ4v) is 2.21. The number of anilines is 1. The molecule has 0 saturated heterocycles. The first-order valence-electron chi connectivity index (χ1n) is 8.00. The van der Waals surface area contributed by atoms with Gasteiger partial charge in [-0.2, -0.15) is 0 Å². The van der Waals surface area contributed by atoms with E-state index in [0.717, 1.165) is 5.56 Å². The lowest BCUT2D eigenvalue weighted by Crippen LogP contribution is -2.30. The Morgan fingerprint density at radius 3 is 2.46 bits per heavy atom. The third-order valence-corrected chi connectivity index (χ3v) is 3.29. The number of amides is 2. The first-order chi connectivity index (χ1) is 11.5. The molecule has 2 aromatic rings. The molecule has 0 spiro atoms. The van der Waals surface area contributed by atoms with Gasteiger partial charge in [-0.05, 0) is 37.6 Å². The zero-order valence-corrected chi connectivity index (χ0v) is 14.0. The summed E-state index contributed by atoms with van der Waals surface area (Å²) < 4.78 is 0. The molecule has 0 unspecified atom stereocenters. The summed E-state index contributed by atoms with van der Waals surface area (Å²) in [6, 6.07) is 16.9. The maximum atomic E-state index is 12.0. The Hall–Kier alpha value is -2.66. The van der Waals surface area contributed by atoms with E-state index in [-0.39, 0.29) is 24.4 Å². The highest BCUT2D eigenvalue weighted by molar-refractivity contribution is 5.97. The Balaban J connectivity index is 1.84. The summed E-state index contributed by atoms with van der Waals surface area (Å²) in [6.07, 6.45) is 0. The van der Waals surface area contributed by atoms with E-state index in [4.69, 9.17) is 0 Å². The Labute approximate surface area is 142 Å². The third-order valence-electron chi connectivity index (χ3n) is 3.29. The normalized spacial score (nSPS) is 10.5.